The van der Waals surface area contributed by atoms with Crippen molar-refractivity contribution in [2.45, 2.75) is 37.7 Å². The average Bonchev–Trinajstić information content (AvgIpc) is 3.47. The highest BCUT2D eigenvalue weighted by Crippen LogP contribution is 2.28. The molecule has 1 saturated heterocycles. The van der Waals surface area contributed by atoms with Gasteiger partial charge < -0.3 is 15.4 Å². The van der Waals surface area contributed by atoms with Crippen molar-refractivity contribution in [2.24, 2.45) is 9.98 Å². The molecule has 2 aromatic rings. The van der Waals surface area contributed by atoms with E-state index in [2.05, 4.69) is 30.0 Å². The van der Waals surface area contributed by atoms with E-state index in [0.717, 1.165) is 17.7 Å². The molecule has 1 fully saturated rings. The fourth-order valence-corrected chi connectivity index (χ4v) is 4.64. The van der Waals surface area contributed by atoms with Crippen LogP contribution in [0.3, 0.4) is 0 Å². The smallest absolute Gasteiger partial charge is 0.412 e. The SMILES string of the molecule is Cc1nsc(NC2=NCC(C(F)(F)F)N=C2)c1C(=O)Nc1ccc(OC2CCN(C(CF)CF)C2)nc1. The standard InChI is InChI=1S/C22H24F5N7O2S/c1-12-19(21(37-33-12)32-17-10-28-16(9-29-17)22(25,26)27)20(35)31-13-2-3-18(30-8-13)36-15-4-5-34(11-15)14(6-23)7-24/h2-3,8,10,14-16H,4-7,9,11H2,1H3,(H,29,32)(H,31,35). The van der Waals surface area contributed by atoms with Gasteiger partial charge in [-0.15, -0.1) is 0 Å². The Kier molecular flexibility index (Phi) is 8.32. The zero-order valence-corrected chi connectivity index (χ0v) is 20.5. The molecule has 0 aliphatic carbocycles. The van der Waals surface area contributed by atoms with Crippen molar-refractivity contribution in [3.05, 3.63) is 29.6 Å². The van der Waals surface area contributed by atoms with E-state index in [1.807, 2.05) is 0 Å². The number of amides is 1. The molecule has 200 valence electrons. The van der Waals surface area contributed by atoms with Gasteiger partial charge in [0, 0.05) is 19.2 Å². The van der Waals surface area contributed by atoms with Crippen LogP contribution in [0.2, 0.25) is 0 Å². The largest absolute Gasteiger partial charge is 0.473 e. The molecule has 4 rings (SSSR count). The number of alkyl halides is 5. The summed E-state index contributed by atoms with van der Waals surface area (Å²) in [4.78, 5) is 26.2. The average molecular weight is 546 g/mol. The second-order valence-electron chi connectivity index (χ2n) is 8.48. The quantitative estimate of drug-likeness (QED) is 0.491. The highest BCUT2D eigenvalue weighted by atomic mass is 32.1. The first-order chi connectivity index (χ1) is 17.7. The number of aryl methyl sites for hydroxylation is 1. The fraction of sp³-hybridized carbons (Fsp3) is 0.500. The zero-order valence-electron chi connectivity index (χ0n) is 19.6. The van der Waals surface area contributed by atoms with Crippen LogP contribution in [0.4, 0.5) is 32.6 Å². The number of rotatable bonds is 8. The third-order valence-electron chi connectivity index (χ3n) is 5.85. The number of nitrogens with zero attached hydrogens (tertiary/aromatic N) is 5. The number of amidine groups is 1. The molecule has 9 nitrogen and oxygen atoms in total. The summed E-state index contributed by atoms with van der Waals surface area (Å²) in [5, 5.41) is 5.83. The highest BCUT2D eigenvalue weighted by molar-refractivity contribution is 7.11. The van der Waals surface area contributed by atoms with Gasteiger partial charge in [0.15, 0.2) is 6.04 Å². The van der Waals surface area contributed by atoms with E-state index < -0.39 is 44.1 Å². The number of likely N-dealkylation sites (tertiary alicyclic amines) is 1. The van der Waals surface area contributed by atoms with Crippen molar-refractivity contribution in [1.82, 2.24) is 14.3 Å². The van der Waals surface area contributed by atoms with Gasteiger partial charge in [-0.1, -0.05) is 0 Å². The minimum atomic E-state index is -4.47. The summed E-state index contributed by atoms with van der Waals surface area (Å²) in [7, 11) is 0. The molecular formula is C22H24F5N7O2S. The number of nitrogens with one attached hydrogen (secondary N) is 2. The topological polar surface area (TPSA) is 104 Å². The number of anilines is 2. The number of hydrogen-bond donors (Lipinski definition) is 2. The second-order valence-corrected chi connectivity index (χ2v) is 9.26. The number of aromatic nitrogens is 2. The van der Waals surface area contributed by atoms with E-state index in [1.54, 1.807) is 24.0 Å². The molecule has 2 aliphatic heterocycles. The zero-order chi connectivity index (χ0) is 26.6. The van der Waals surface area contributed by atoms with Gasteiger partial charge in [0.2, 0.25) is 5.88 Å². The molecule has 0 spiro atoms. The molecule has 0 saturated carbocycles. The first kappa shape index (κ1) is 26.9. The van der Waals surface area contributed by atoms with E-state index >= 15 is 0 Å². The summed E-state index contributed by atoms with van der Waals surface area (Å²) in [5.74, 6) is -0.0961. The molecular weight excluding hydrogens is 521 g/mol. The lowest BCUT2D eigenvalue weighted by Crippen LogP contribution is -2.38. The summed E-state index contributed by atoms with van der Waals surface area (Å²) in [6.45, 7) is 0.490. The predicted molar refractivity (Wildman–Crippen MR) is 130 cm³/mol. The first-order valence-electron chi connectivity index (χ1n) is 11.4. The molecule has 4 heterocycles. The third kappa shape index (κ3) is 6.57. The molecule has 2 unspecified atom stereocenters. The lowest BCUT2D eigenvalue weighted by atomic mass is 10.2. The highest BCUT2D eigenvalue weighted by Gasteiger charge is 2.40. The van der Waals surface area contributed by atoms with Crippen molar-refractivity contribution in [3.63, 3.8) is 0 Å². The van der Waals surface area contributed by atoms with Gasteiger partial charge in [-0.3, -0.25) is 19.7 Å². The predicted octanol–water partition coefficient (Wildman–Crippen LogP) is 3.69. The summed E-state index contributed by atoms with van der Waals surface area (Å²) < 4.78 is 74.1. The Morgan fingerprint density at radius 3 is 2.70 bits per heavy atom. The van der Waals surface area contributed by atoms with Gasteiger partial charge in [0.25, 0.3) is 5.91 Å². The molecule has 0 radical (unpaired) electrons. The third-order valence-corrected chi connectivity index (χ3v) is 6.71. The van der Waals surface area contributed by atoms with Crippen molar-refractivity contribution >= 4 is 40.2 Å². The first-order valence-corrected chi connectivity index (χ1v) is 12.1. The van der Waals surface area contributed by atoms with Crippen molar-refractivity contribution in [2.75, 3.05) is 43.6 Å². The van der Waals surface area contributed by atoms with Gasteiger partial charge in [-0.25, -0.2) is 13.8 Å². The molecule has 0 aromatic carbocycles. The monoisotopic (exact) mass is 545 g/mol. The Morgan fingerprint density at radius 2 is 2.08 bits per heavy atom. The molecule has 0 bridgehead atoms. The lowest BCUT2D eigenvalue weighted by molar-refractivity contribution is -0.144. The summed E-state index contributed by atoms with van der Waals surface area (Å²) in [6.07, 6.45) is -1.72. The van der Waals surface area contributed by atoms with E-state index in [-0.39, 0.29) is 17.5 Å². The number of carbonyl (C=O) groups is 1. The van der Waals surface area contributed by atoms with Gasteiger partial charge in [0.05, 0.1) is 41.9 Å². The Labute approximate surface area is 213 Å². The van der Waals surface area contributed by atoms with E-state index in [0.29, 0.717) is 41.8 Å². The maximum absolute atomic E-state index is 12.9. The summed E-state index contributed by atoms with van der Waals surface area (Å²) >= 11 is 0.967. The number of pyridine rings is 1. The number of aliphatic imine (C=N–C) groups is 2. The molecule has 2 N–H and O–H groups in total. The van der Waals surface area contributed by atoms with Crippen molar-refractivity contribution in [3.8, 4) is 5.88 Å². The summed E-state index contributed by atoms with van der Waals surface area (Å²) in [5.41, 5.74) is 1.01. The Morgan fingerprint density at radius 1 is 1.30 bits per heavy atom. The van der Waals surface area contributed by atoms with Crippen LogP contribution < -0.4 is 15.4 Å². The van der Waals surface area contributed by atoms with Gasteiger partial charge in [0.1, 0.15) is 30.3 Å². The molecule has 2 aromatic heterocycles. The van der Waals surface area contributed by atoms with Crippen molar-refractivity contribution in [1.29, 1.82) is 0 Å². The maximum atomic E-state index is 12.9. The van der Waals surface area contributed by atoms with Gasteiger partial charge in [-0.05, 0) is 30.9 Å². The van der Waals surface area contributed by atoms with E-state index in [4.69, 9.17) is 4.74 Å². The number of halogens is 5. The van der Waals surface area contributed by atoms with Crippen LogP contribution in [0.15, 0.2) is 28.3 Å². The van der Waals surface area contributed by atoms with Gasteiger partial charge >= 0.3 is 6.18 Å². The Bertz CT molecular complexity index is 1150. The normalized spacial score (nSPS) is 20.2. The molecule has 1 amide bonds. The van der Waals surface area contributed by atoms with E-state index in [1.165, 1.54) is 6.20 Å². The van der Waals surface area contributed by atoms with Crippen LogP contribution in [0.1, 0.15) is 22.5 Å². The van der Waals surface area contributed by atoms with Crippen LogP contribution in [-0.4, -0.2) is 89.6 Å². The number of ether oxygens (including phenoxy) is 1. The Hall–Kier alpha value is -3.20. The maximum Gasteiger partial charge on any atom is 0.412 e. The van der Waals surface area contributed by atoms with Crippen molar-refractivity contribution < 1.29 is 31.5 Å². The number of carbonyl (C=O) groups excluding carboxylic acids is 1. The molecule has 2 aliphatic rings. The summed E-state index contributed by atoms with van der Waals surface area (Å²) in [6, 6.07) is 0.513. The van der Waals surface area contributed by atoms with Crippen LogP contribution in [-0.2, 0) is 0 Å². The molecule has 15 heteroatoms. The molecule has 37 heavy (non-hydrogen) atoms. The Balaban J connectivity index is 1.34. The fourth-order valence-electron chi connectivity index (χ4n) is 3.84. The second kappa shape index (κ2) is 11.5. The lowest BCUT2D eigenvalue weighted by Gasteiger charge is -2.22. The molecule has 2 atom stereocenters. The van der Waals surface area contributed by atoms with Crippen LogP contribution in [0, 0.1) is 6.92 Å². The van der Waals surface area contributed by atoms with Crippen LogP contribution in [0.5, 0.6) is 5.88 Å². The van der Waals surface area contributed by atoms with E-state index in [9.17, 15) is 26.7 Å². The van der Waals surface area contributed by atoms with Crippen LogP contribution >= 0.6 is 11.5 Å². The minimum absolute atomic E-state index is 0.0937. The minimum Gasteiger partial charge on any atom is -0.473 e. The van der Waals surface area contributed by atoms with Crippen LogP contribution in [0.25, 0.3) is 0 Å². The van der Waals surface area contributed by atoms with Gasteiger partial charge in [-0.2, -0.15) is 17.5 Å². The number of hydrogen-bond acceptors (Lipinski definition) is 9.